The van der Waals surface area contributed by atoms with Crippen molar-refractivity contribution in [3.05, 3.63) is 72.1 Å². The lowest BCUT2D eigenvalue weighted by molar-refractivity contribution is 0.0307. The van der Waals surface area contributed by atoms with Crippen LogP contribution in [0.2, 0.25) is 0 Å². The third-order valence-electron chi connectivity index (χ3n) is 5.14. The van der Waals surface area contributed by atoms with E-state index < -0.39 is 11.7 Å². The smallest absolute Gasteiger partial charge is 0.272 e. The molecular formula is C22H19F2N7. The van der Waals surface area contributed by atoms with Gasteiger partial charge in [0, 0.05) is 41.0 Å². The number of fused-ring (bicyclic) bond motifs is 2. The molecule has 0 saturated heterocycles. The molecule has 0 atom stereocenters. The Morgan fingerprint density at radius 2 is 1.87 bits per heavy atom. The number of halogens is 2. The van der Waals surface area contributed by atoms with E-state index in [2.05, 4.69) is 32.3 Å². The van der Waals surface area contributed by atoms with E-state index >= 15 is 8.78 Å². The average Bonchev–Trinajstić information content (AvgIpc) is 3.40. The molecule has 0 unspecified atom stereocenters. The molecule has 1 aromatic carbocycles. The minimum absolute atomic E-state index is 0.196. The number of hydrogen-bond donors (Lipinski definition) is 0. The number of aryl methyl sites for hydroxylation is 2. The molecule has 0 saturated carbocycles. The number of rotatable bonds is 5. The third-order valence-corrected chi connectivity index (χ3v) is 5.14. The van der Waals surface area contributed by atoms with Gasteiger partial charge < -0.3 is 0 Å². The molecule has 156 valence electrons. The van der Waals surface area contributed by atoms with E-state index in [1.54, 1.807) is 37.5 Å². The van der Waals surface area contributed by atoms with Crippen LogP contribution in [0.15, 0.2) is 55.0 Å². The number of aromatic nitrogens is 7. The second kappa shape index (κ2) is 7.19. The maximum absolute atomic E-state index is 15.4. The normalized spacial score (nSPS) is 12.1. The lowest BCUT2D eigenvalue weighted by Gasteiger charge is -2.15. The summed E-state index contributed by atoms with van der Waals surface area (Å²) in [6.45, 7) is 4.63. The van der Waals surface area contributed by atoms with Crippen LogP contribution < -0.4 is 0 Å². The summed E-state index contributed by atoms with van der Waals surface area (Å²) >= 11 is 0. The average molecular weight is 419 g/mol. The molecule has 5 aromatic rings. The molecule has 7 nitrogen and oxygen atoms in total. The first-order valence-electron chi connectivity index (χ1n) is 9.96. The number of benzene rings is 1. The molecule has 0 fully saturated rings. The van der Waals surface area contributed by atoms with Crippen molar-refractivity contribution in [1.29, 1.82) is 0 Å². The molecule has 0 N–H and O–H groups in total. The van der Waals surface area contributed by atoms with Crippen LogP contribution in [-0.2, 0) is 12.5 Å². The van der Waals surface area contributed by atoms with E-state index in [1.165, 1.54) is 12.1 Å². The number of nitrogens with zero attached hydrogens (tertiary/aromatic N) is 7. The van der Waals surface area contributed by atoms with Gasteiger partial charge in [0.1, 0.15) is 0 Å². The summed E-state index contributed by atoms with van der Waals surface area (Å²) in [6.07, 6.45) is 6.39. The zero-order chi connectivity index (χ0) is 21.6. The Kier molecular flexibility index (Phi) is 4.46. The van der Waals surface area contributed by atoms with E-state index in [0.29, 0.717) is 16.6 Å². The highest BCUT2D eigenvalue weighted by Gasteiger charge is 2.40. The highest BCUT2D eigenvalue weighted by atomic mass is 19.3. The second-order valence-corrected chi connectivity index (χ2v) is 7.47. The van der Waals surface area contributed by atoms with Crippen molar-refractivity contribution in [2.75, 3.05) is 0 Å². The topological polar surface area (TPSA) is 73.8 Å². The summed E-state index contributed by atoms with van der Waals surface area (Å²) in [5.41, 5.74) is 3.01. The number of hydrogen-bond acceptors (Lipinski definition) is 5. The first-order chi connectivity index (χ1) is 15.0. The number of pyridine rings is 1. The maximum Gasteiger partial charge on any atom is 0.333 e. The van der Waals surface area contributed by atoms with Gasteiger partial charge in [0.05, 0.1) is 17.4 Å². The highest BCUT2D eigenvalue weighted by Crippen LogP contribution is 2.36. The van der Waals surface area contributed by atoms with E-state index in [4.69, 9.17) is 0 Å². The van der Waals surface area contributed by atoms with Gasteiger partial charge in [-0.15, -0.1) is 10.2 Å². The van der Waals surface area contributed by atoms with E-state index in [9.17, 15) is 0 Å². The van der Waals surface area contributed by atoms with Crippen molar-refractivity contribution >= 4 is 16.6 Å². The van der Waals surface area contributed by atoms with Crippen LogP contribution in [0.1, 0.15) is 30.4 Å². The van der Waals surface area contributed by atoms with Gasteiger partial charge in [-0.25, -0.2) is 0 Å². The Balaban J connectivity index is 1.58. The fourth-order valence-corrected chi connectivity index (χ4v) is 3.55. The largest absolute Gasteiger partial charge is 0.333 e. The van der Waals surface area contributed by atoms with E-state index in [1.807, 2.05) is 16.9 Å². The molecule has 0 amide bonds. The van der Waals surface area contributed by atoms with Crippen molar-refractivity contribution in [2.45, 2.75) is 32.7 Å². The van der Waals surface area contributed by atoms with Gasteiger partial charge in [-0.05, 0) is 43.7 Å². The second-order valence-electron chi connectivity index (χ2n) is 7.47. The third kappa shape index (κ3) is 3.31. The van der Waals surface area contributed by atoms with Crippen molar-refractivity contribution in [3.63, 3.8) is 0 Å². The molecule has 9 heteroatoms. The predicted octanol–water partition coefficient (Wildman–Crippen LogP) is 4.39. The zero-order valence-corrected chi connectivity index (χ0v) is 17.0. The van der Waals surface area contributed by atoms with Crippen LogP contribution >= 0.6 is 0 Å². The van der Waals surface area contributed by atoms with Gasteiger partial charge in [-0.2, -0.15) is 23.5 Å². The van der Waals surface area contributed by atoms with E-state index in [-0.39, 0.29) is 11.2 Å². The van der Waals surface area contributed by atoms with Crippen LogP contribution in [0.3, 0.4) is 0 Å². The van der Waals surface area contributed by atoms with Crippen LogP contribution in [-0.4, -0.2) is 34.6 Å². The molecular weight excluding hydrogens is 400 g/mol. The highest BCUT2D eigenvalue weighted by molar-refractivity contribution is 5.84. The van der Waals surface area contributed by atoms with Gasteiger partial charge in [-0.3, -0.25) is 9.67 Å². The molecule has 5 rings (SSSR count). The van der Waals surface area contributed by atoms with Crippen molar-refractivity contribution < 1.29 is 8.78 Å². The summed E-state index contributed by atoms with van der Waals surface area (Å²) < 4.78 is 33.8. The van der Waals surface area contributed by atoms with E-state index in [0.717, 1.165) is 28.6 Å². The van der Waals surface area contributed by atoms with Gasteiger partial charge in [0.2, 0.25) is 5.82 Å². The molecule has 31 heavy (non-hydrogen) atoms. The van der Waals surface area contributed by atoms with Crippen molar-refractivity contribution in [3.8, 4) is 11.1 Å². The summed E-state index contributed by atoms with van der Waals surface area (Å²) in [7, 11) is 0. The zero-order valence-electron chi connectivity index (χ0n) is 17.0. The Morgan fingerprint density at radius 3 is 2.71 bits per heavy atom. The summed E-state index contributed by atoms with van der Waals surface area (Å²) in [5, 5.41) is 16.6. The molecule has 0 bridgehead atoms. The lowest BCUT2D eigenvalue weighted by atomic mass is 10.0. The molecule has 0 aliphatic rings. The first kappa shape index (κ1) is 19.2. The Hall–Kier alpha value is -3.75. The summed E-state index contributed by atoms with van der Waals surface area (Å²) in [6, 6.07) is 9.57. The Bertz CT molecular complexity index is 1400. The van der Waals surface area contributed by atoms with Crippen LogP contribution in [0.25, 0.3) is 27.7 Å². The standard InChI is InChI=1S/C22H19F2N7/c1-3-8-30-13-17(12-26-30)16-9-15-10-18(5-6-19(15)25-11-16)22(23,24)21-28-27-20-7-4-14(2)29-31(20)21/h4-7,9-13H,3,8H2,1-2H3. The lowest BCUT2D eigenvalue weighted by Crippen LogP contribution is -2.20. The molecule has 0 spiro atoms. The Labute approximate surface area is 176 Å². The fourth-order valence-electron chi connectivity index (χ4n) is 3.55. The fraction of sp³-hybridized carbons (Fsp3) is 0.227. The van der Waals surface area contributed by atoms with Crippen LogP contribution in [0, 0.1) is 6.92 Å². The molecule has 0 radical (unpaired) electrons. The van der Waals surface area contributed by atoms with Crippen molar-refractivity contribution in [2.24, 2.45) is 0 Å². The van der Waals surface area contributed by atoms with Gasteiger partial charge in [0.25, 0.3) is 0 Å². The minimum atomic E-state index is -3.38. The van der Waals surface area contributed by atoms with Crippen molar-refractivity contribution in [1.82, 2.24) is 34.6 Å². The molecule has 0 aliphatic carbocycles. The van der Waals surface area contributed by atoms with Crippen LogP contribution in [0.5, 0.6) is 0 Å². The monoisotopic (exact) mass is 419 g/mol. The Morgan fingerprint density at radius 1 is 1.00 bits per heavy atom. The van der Waals surface area contributed by atoms with Gasteiger partial charge in [0.15, 0.2) is 5.65 Å². The number of alkyl halides is 2. The minimum Gasteiger partial charge on any atom is -0.272 e. The quantitative estimate of drug-likeness (QED) is 0.422. The maximum atomic E-state index is 15.4. The van der Waals surface area contributed by atoms with Gasteiger partial charge >= 0.3 is 5.92 Å². The van der Waals surface area contributed by atoms with Crippen LogP contribution in [0.4, 0.5) is 8.78 Å². The molecule has 4 heterocycles. The SMILES string of the molecule is CCCn1cc(-c2cnc3ccc(C(F)(F)c4nnc5ccc(C)nn45)cc3c2)cn1. The molecule has 4 aromatic heterocycles. The summed E-state index contributed by atoms with van der Waals surface area (Å²) in [4.78, 5) is 4.43. The summed E-state index contributed by atoms with van der Waals surface area (Å²) in [5.74, 6) is -3.90. The molecule has 0 aliphatic heterocycles. The first-order valence-corrected chi connectivity index (χ1v) is 9.96. The predicted molar refractivity (Wildman–Crippen MR) is 112 cm³/mol. The van der Waals surface area contributed by atoms with Gasteiger partial charge in [-0.1, -0.05) is 13.0 Å².